The zero-order valence-electron chi connectivity index (χ0n) is 14.5. The maximum absolute atomic E-state index is 5.57. The van der Waals surface area contributed by atoms with Crippen molar-refractivity contribution >= 4 is 11.4 Å². The second-order valence-electron chi connectivity index (χ2n) is 6.23. The second-order valence-corrected chi connectivity index (χ2v) is 6.23. The smallest absolute Gasteiger partial charge is 0.233 e. The molecular formula is C20H25N3O. The van der Waals surface area contributed by atoms with Crippen LogP contribution in [0.1, 0.15) is 37.3 Å². The zero-order chi connectivity index (χ0) is 16.8. The number of nitrogens with zero attached hydrogens (tertiary/aromatic N) is 3. The number of hydrogen-bond acceptors (Lipinski definition) is 4. The van der Waals surface area contributed by atoms with Crippen molar-refractivity contribution in [3.05, 3.63) is 53.6 Å². The van der Waals surface area contributed by atoms with Crippen LogP contribution in [0.3, 0.4) is 0 Å². The van der Waals surface area contributed by atoms with Crippen molar-refractivity contribution in [1.82, 2.24) is 10.2 Å². The first-order valence-electron chi connectivity index (χ1n) is 8.74. The van der Waals surface area contributed by atoms with Gasteiger partial charge in [0.25, 0.3) is 0 Å². The fourth-order valence-electron chi connectivity index (χ4n) is 2.86. The van der Waals surface area contributed by atoms with Gasteiger partial charge in [0.2, 0.25) is 5.88 Å². The molecule has 4 heteroatoms. The van der Waals surface area contributed by atoms with E-state index in [1.165, 1.54) is 16.7 Å². The van der Waals surface area contributed by atoms with Crippen LogP contribution in [0.4, 0.5) is 5.82 Å². The summed E-state index contributed by atoms with van der Waals surface area (Å²) in [6.07, 6.45) is 5.49. The highest BCUT2D eigenvalue weighted by atomic mass is 16.5. The van der Waals surface area contributed by atoms with E-state index in [-0.39, 0.29) is 0 Å². The highest BCUT2D eigenvalue weighted by Crippen LogP contribution is 2.25. The summed E-state index contributed by atoms with van der Waals surface area (Å²) in [5, 5.41) is 8.49. The number of ether oxygens (including phenoxy) is 1. The largest absolute Gasteiger partial charge is 0.477 e. The van der Waals surface area contributed by atoms with Gasteiger partial charge in [-0.3, -0.25) is 0 Å². The van der Waals surface area contributed by atoms with E-state index in [0.29, 0.717) is 12.5 Å². The zero-order valence-corrected chi connectivity index (χ0v) is 14.5. The fraction of sp³-hybridized carbons (Fsp3) is 0.400. The molecule has 24 heavy (non-hydrogen) atoms. The summed E-state index contributed by atoms with van der Waals surface area (Å²) in [4.78, 5) is 2.25. The van der Waals surface area contributed by atoms with Crippen LogP contribution in [0, 0.1) is 6.92 Å². The molecule has 0 amide bonds. The minimum atomic E-state index is 0.611. The summed E-state index contributed by atoms with van der Waals surface area (Å²) in [6.45, 7) is 6.82. The van der Waals surface area contributed by atoms with E-state index < -0.39 is 0 Å². The van der Waals surface area contributed by atoms with E-state index in [0.717, 1.165) is 38.2 Å². The number of anilines is 1. The van der Waals surface area contributed by atoms with Gasteiger partial charge >= 0.3 is 0 Å². The lowest BCUT2D eigenvalue weighted by Crippen LogP contribution is -2.29. The third-order valence-corrected chi connectivity index (χ3v) is 4.30. The van der Waals surface area contributed by atoms with Gasteiger partial charge in [-0.15, -0.1) is 10.2 Å². The van der Waals surface area contributed by atoms with Gasteiger partial charge in [-0.25, -0.2) is 0 Å². The SMILES string of the molecule is CCCCOc1ccc(N2CC=C(c3cccc(C)c3)CC2)nn1. The molecule has 0 spiro atoms. The first-order valence-corrected chi connectivity index (χ1v) is 8.74. The monoisotopic (exact) mass is 323 g/mol. The number of aromatic nitrogens is 2. The molecule has 2 heterocycles. The topological polar surface area (TPSA) is 38.2 Å². The quantitative estimate of drug-likeness (QED) is 0.745. The minimum absolute atomic E-state index is 0.611. The molecule has 0 radical (unpaired) electrons. The van der Waals surface area contributed by atoms with Gasteiger partial charge < -0.3 is 9.64 Å². The Labute approximate surface area is 144 Å². The van der Waals surface area contributed by atoms with E-state index in [4.69, 9.17) is 4.74 Å². The third-order valence-electron chi connectivity index (χ3n) is 4.30. The summed E-state index contributed by atoms with van der Waals surface area (Å²) in [6, 6.07) is 12.6. The molecule has 0 fully saturated rings. The lowest BCUT2D eigenvalue weighted by Gasteiger charge is -2.27. The number of aryl methyl sites for hydroxylation is 1. The van der Waals surface area contributed by atoms with Crippen molar-refractivity contribution in [2.24, 2.45) is 0 Å². The Morgan fingerprint density at radius 2 is 2.08 bits per heavy atom. The van der Waals surface area contributed by atoms with Crippen molar-refractivity contribution in [2.45, 2.75) is 33.1 Å². The lowest BCUT2D eigenvalue weighted by molar-refractivity contribution is 0.294. The number of benzene rings is 1. The van der Waals surface area contributed by atoms with E-state index in [1.54, 1.807) is 0 Å². The van der Waals surface area contributed by atoms with Crippen molar-refractivity contribution in [2.75, 3.05) is 24.6 Å². The summed E-state index contributed by atoms with van der Waals surface area (Å²) in [5.41, 5.74) is 4.06. The minimum Gasteiger partial charge on any atom is -0.477 e. The molecule has 0 N–H and O–H groups in total. The van der Waals surface area contributed by atoms with Gasteiger partial charge in [-0.2, -0.15) is 0 Å². The molecule has 0 aliphatic carbocycles. The van der Waals surface area contributed by atoms with E-state index in [1.807, 2.05) is 12.1 Å². The molecule has 0 unspecified atom stereocenters. The molecule has 1 aromatic heterocycles. The van der Waals surface area contributed by atoms with Crippen LogP contribution in [-0.4, -0.2) is 29.9 Å². The van der Waals surface area contributed by atoms with Crippen LogP contribution in [0.25, 0.3) is 5.57 Å². The normalized spacial score (nSPS) is 14.4. The van der Waals surface area contributed by atoms with Gasteiger partial charge in [0.15, 0.2) is 5.82 Å². The molecule has 0 atom stereocenters. The van der Waals surface area contributed by atoms with Crippen molar-refractivity contribution in [1.29, 1.82) is 0 Å². The predicted octanol–water partition coefficient (Wildman–Crippen LogP) is 4.26. The standard InChI is InChI=1S/C20H25N3O/c1-3-4-14-24-20-9-8-19(21-22-20)23-12-10-17(11-13-23)18-7-5-6-16(2)15-18/h5-10,15H,3-4,11-14H2,1-2H3. The first-order chi connectivity index (χ1) is 11.8. The second kappa shape index (κ2) is 7.95. The Bertz CT molecular complexity index is 694. The molecule has 4 nitrogen and oxygen atoms in total. The van der Waals surface area contributed by atoms with E-state index >= 15 is 0 Å². The maximum Gasteiger partial charge on any atom is 0.233 e. The van der Waals surface area contributed by atoms with Crippen molar-refractivity contribution in [3.63, 3.8) is 0 Å². The van der Waals surface area contributed by atoms with Gasteiger partial charge in [0, 0.05) is 19.2 Å². The first kappa shape index (κ1) is 16.5. The molecule has 1 aliphatic heterocycles. The third kappa shape index (κ3) is 4.13. The van der Waals surface area contributed by atoms with Crippen LogP contribution < -0.4 is 9.64 Å². The summed E-state index contributed by atoms with van der Waals surface area (Å²) < 4.78 is 5.57. The number of unbranched alkanes of at least 4 members (excludes halogenated alkanes) is 1. The number of rotatable bonds is 6. The Morgan fingerprint density at radius 3 is 2.75 bits per heavy atom. The van der Waals surface area contributed by atoms with E-state index in [9.17, 15) is 0 Å². The molecule has 2 aromatic rings. The number of hydrogen-bond donors (Lipinski definition) is 0. The van der Waals surface area contributed by atoms with E-state index in [2.05, 4.69) is 59.3 Å². The average molecular weight is 323 g/mol. The van der Waals surface area contributed by atoms with Crippen LogP contribution >= 0.6 is 0 Å². The fourth-order valence-corrected chi connectivity index (χ4v) is 2.86. The van der Waals surface area contributed by atoms with Crippen LogP contribution in [0.5, 0.6) is 5.88 Å². The Balaban J connectivity index is 1.61. The Hall–Kier alpha value is -2.36. The Kier molecular flexibility index (Phi) is 5.47. The molecular weight excluding hydrogens is 298 g/mol. The van der Waals surface area contributed by atoms with Gasteiger partial charge in [0.05, 0.1) is 6.61 Å². The van der Waals surface area contributed by atoms with Crippen molar-refractivity contribution in [3.8, 4) is 5.88 Å². The molecule has 126 valence electrons. The molecule has 1 aromatic carbocycles. The summed E-state index contributed by atoms with van der Waals surface area (Å²) in [7, 11) is 0. The van der Waals surface area contributed by atoms with Crippen LogP contribution in [0.2, 0.25) is 0 Å². The molecule has 0 saturated carbocycles. The maximum atomic E-state index is 5.57. The van der Waals surface area contributed by atoms with Crippen LogP contribution in [0.15, 0.2) is 42.5 Å². The van der Waals surface area contributed by atoms with Gasteiger partial charge in [0.1, 0.15) is 0 Å². The van der Waals surface area contributed by atoms with Crippen LogP contribution in [-0.2, 0) is 0 Å². The highest BCUT2D eigenvalue weighted by molar-refractivity contribution is 5.68. The molecule has 1 aliphatic rings. The predicted molar refractivity (Wildman–Crippen MR) is 98.4 cm³/mol. The molecule has 0 bridgehead atoms. The summed E-state index contributed by atoms with van der Waals surface area (Å²) in [5.74, 6) is 1.53. The highest BCUT2D eigenvalue weighted by Gasteiger charge is 2.15. The Morgan fingerprint density at radius 1 is 1.17 bits per heavy atom. The summed E-state index contributed by atoms with van der Waals surface area (Å²) >= 11 is 0. The average Bonchev–Trinajstić information content (AvgIpc) is 2.63. The van der Waals surface area contributed by atoms with Crippen molar-refractivity contribution < 1.29 is 4.74 Å². The molecule has 3 rings (SSSR count). The van der Waals surface area contributed by atoms with Gasteiger partial charge in [-0.1, -0.05) is 49.2 Å². The lowest BCUT2D eigenvalue weighted by atomic mass is 9.98. The van der Waals surface area contributed by atoms with Gasteiger partial charge in [-0.05, 0) is 37.0 Å². The molecule has 0 saturated heterocycles.